The van der Waals surface area contributed by atoms with Gasteiger partial charge in [0.2, 0.25) is 5.91 Å². The van der Waals surface area contributed by atoms with Gasteiger partial charge in [0.15, 0.2) is 6.61 Å². The molecule has 0 spiro atoms. The van der Waals surface area contributed by atoms with E-state index in [2.05, 4.69) is 41.6 Å². The molecule has 3 N–H and O–H groups in total. The van der Waals surface area contributed by atoms with Gasteiger partial charge in [-0.2, -0.15) is 0 Å². The summed E-state index contributed by atoms with van der Waals surface area (Å²) in [6, 6.07) is -0.488. The van der Waals surface area contributed by atoms with Crippen LogP contribution in [-0.4, -0.2) is 47.4 Å². The molecule has 3 unspecified atom stereocenters. The van der Waals surface area contributed by atoms with Crippen molar-refractivity contribution >= 4 is 17.5 Å². The van der Waals surface area contributed by atoms with Crippen molar-refractivity contribution in [1.29, 1.82) is 0 Å². The van der Waals surface area contributed by atoms with Crippen molar-refractivity contribution in [3.63, 3.8) is 0 Å². The molecule has 5 aliphatic rings. The van der Waals surface area contributed by atoms with Crippen molar-refractivity contribution in [1.82, 2.24) is 10.6 Å². The highest BCUT2D eigenvalue weighted by atomic mass is 16.6. The Hall–Kier alpha value is -2.33. The summed E-state index contributed by atoms with van der Waals surface area (Å²) in [6.07, 6.45) is 18.4. The van der Waals surface area contributed by atoms with Gasteiger partial charge in [-0.1, -0.05) is 30.5 Å². The molecule has 7 nitrogen and oxygen atoms in total. The largest absolute Gasteiger partial charge is 0.385 e. The van der Waals surface area contributed by atoms with Gasteiger partial charge in [-0.25, -0.2) is 0 Å². The molecule has 5 rings (SSSR count). The molecule has 1 aliphatic heterocycles. The van der Waals surface area contributed by atoms with E-state index in [1.54, 1.807) is 0 Å². The SMILES string of the molecule is C#C[C@@]1(O)CCC2C3CCC4=CC(=NOCC(=O)N[C@@H]5CCCCNC5=O)CC[C@]4(C)C3CC[C@@]21C. The van der Waals surface area contributed by atoms with Crippen LogP contribution in [0.3, 0.4) is 0 Å². The number of terminal acetylenes is 1. The highest BCUT2D eigenvalue weighted by Gasteiger charge is 2.63. The van der Waals surface area contributed by atoms with Crippen molar-refractivity contribution in [2.75, 3.05) is 13.2 Å². The second kappa shape index (κ2) is 9.52. The number of nitrogens with one attached hydrogen (secondary N) is 2. The Bertz CT molecular complexity index is 1010. The maximum atomic E-state index is 12.3. The molecule has 0 aromatic heterocycles. The van der Waals surface area contributed by atoms with E-state index >= 15 is 0 Å². The monoisotopic (exact) mass is 495 g/mol. The van der Waals surface area contributed by atoms with Crippen molar-refractivity contribution in [3.05, 3.63) is 11.6 Å². The first-order chi connectivity index (χ1) is 17.2. The van der Waals surface area contributed by atoms with Crippen LogP contribution in [0, 0.1) is 40.9 Å². The lowest BCUT2D eigenvalue weighted by molar-refractivity contribution is -0.131. The molecular weight excluding hydrogens is 454 g/mol. The maximum absolute atomic E-state index is 12.3. The number of hydrogen-bond acceptors (Lipinski definition) is 5. The molecule has 196 valence electrons. The normalized spacial score (nSPS) is 43.1. The third-order valence-electron chi connectivity index (χ3n) is 10.6. The summed E-state index contributed by atoms with van der Waals surface area (Å²) >= 11 is 0. The van der Waals surface area contributed by atoms with E-state index in [4.69, 9.17) is 11.3 Å². The molecule has 0 radical (unpaired) electrons. The summed E-state index contributed by atoms with van der Waals surface area (Å²) in [6.45, 7) is 5.13. The number of amides is 2. The third-order valence-corrected chi connectivity index (χ3v) is 10.6. The zero-order valence-electron chi connectivity index (χ0n) is 21.8. The molecule has 36 heavy (non-hydrogen) atoms. The number of rotatable bonds is 4. The predicted molar refractivity (Wildman–Crippen MR) is 138 cm³/mol. The first kappa shape index (κ1) is 25.3. The van der Waals surface area contributed by atoms with E-state index in [9.17, 15) is 14.7 Å². The minimum atomic E-state index is -0.963. The van der Waals surface area contributed by atoms with Crippen LogP contribution in [0.4, 0.5) is 0 Å². The van der Waals surface area contributed by atoms with E-state index < -0.39 is 11.6 Å². The predicted octanol–water partition coefficient (Wildman–Crippen LogP) is 3.47. The highest BCUT2D eigenvalue weighted by Crippen LogP contribution is 2.67. The van der Waals surface area contributed by atoms with E-state index in [0.717, 1.165) is 69.9 Å². The molecule has 1 heterocycles. The minimum Gasteiger partial charge on any atom is -0.385 e. The lowest BCUT2D eigenvalue weighted by atomic mass is 9.46. The standard InChI is InChI=1S/C29H41N3O4/c1-4-29(35)15-12-23-21-9-8-19-17-20(10-13-27(19,2)22(21)11-14-28(23,29)3)32-36-18-25(33)31-24-7-5-6-16-30-26(24)34/h1,17,21-24,35H,5-16,18H2,2-3H3,(H,30,34)(H,31,33)/t21?,22?,23?,24-,27+,28+,29-/m1/s1. The van der Waals surface area contributed by atoms with Gasteiger partial charge in [0.05, 0.1) is 5.71 Å². The van der Waals surface area contributed by atoms with Crippen LogP contribution >= 0.6 is 0 Å². The average molecular weight is 496 g/mol. The fraction of sp³-hybridized carbons (Fsp3) is 0.759. The topological polar surface area (TPSA) is 100 Å². The Morgan fingerprint density at radius 3 is 2.81 bits per heavy atom. The third kappa shape index (κ3) is 4.16. The van der Waals surface area contributed by atoms with Crippen LogP contribution in [0.25, 0.3) is 0 Å². The van der Waals surface area contributed by atoms with Gasteiger partial charge in [-0.3, -0.25) is 9.59 Å². The van der Waals surface area contributed by atoms with Crippen LogP contribution in [0.5, 0.6) is 0 Å². The summed E-state index contributed by atoms with van der Waals surface area (Å²) < 4.78 is 0. The average Bonchev–Trinajstić information content (AvgIpc) is 2.98. The lowest BCUT2D eigenvalue weighted by Gasteiger charge is -2.58. The van der Waals surface area contributed by atoms with Gasteiger partial charge in [0.1, 0.15) is 11.6 Å². The molecule has 3 saturated carbocycles. The molecule has 4 fully saturated rings. The maximum Gasteiger partial charge on any atom is 0.261 e. The number of aliphatic hydroxyl groups is 1. The van der Waals surface area contributed by atoms with Crippen molar-refractivity contribution < 1.29 is 19.5 Å². The summed E-state index contributed by atoms with van der Waals surface area (Å²) in [7, 11) is 0. The second-order valence-electron chi connectivity index (χ2n) is 12.3. The molecule has 0 aromatic carbocycles. The van der Waals surface area contributed by atoms with Crippen LogP contribution in [-0.2, 0) is 14.4 Å². The number of oxime groups is 1. The number of nitrogens with zero attached hydrogens (tertiary/aromatic N) is 1. The minimum absolute atomic E-state index is 0.122. The number of fused-ring (bicyclic) bond motifs is 5. The molecule has 7 atom stereocenters. The van der Waals surface area contributed by atoms with Crippen molar-refractivity contribution in [3.8, 4) is 12.3 Å². The Kier molecular flexibility index (Phi) is 6.70. The van der Waals surface area contributed by atoms with Crippen LogP contribution in [0.1, 0.15) is 84.5 Å². The van der Waals surface area contributed by atoms with Crippen molar-refractivity contribution in [2.24, 2.45) is 33.7 Å². The molecule has 1 saturated heterocycles. The van der Waals surface area contributed by atoms with Crippen molar-refractivity contribution in [2.45, 2.75) is 96.1 Å². The first-order valence-corrected chi connectivity index (χ1v) is 13.9. The zero-order chi connectivity index (χ0) is 25.6. The number of allylic oxidation sites excluding steroid dienone is 2. The second-order valence-corrected chi connectivity index (χ2v) is 12.3. The summed E-state index contributed by atoms with van der Waals surface area (Å²) in [5.74, 6) is 4.03. The van der Waals surface area contributed by atoms with E-state index in [0.29, 0.717) is 30.7 Å². The van der Waals surface area contributed by atoms with Gasteiger partial charge in [-0.05, 0) is 99.9 Å². The fourth-order valence-corrected chi connectivity index (χ4v) is 8.38. The Labute approximate surface area is 214 Å². The molecule has 4 aliphatic carbocycles. The Morgan fingerprint density at radius 1 is 1.19 bits per heavy atom. The fourth-order valence-electron chi connectivity index (χ4n) is 8.38. The zero-order valence-corrected chi connectivity index (χ0v) is 21.8. The van der Waals surface area contributed by atoms with E-state index in [1.165, 1.54) is 5.57 Å². The van der Waals surface area contributed by atoms with Gasteiger partial charge in [0, 0.05) is 12.0 Å². The summed E-state index contributed by atoms with van der Waals surface area (Å²) in [4.78, 5) is 29.8. The Balaban J connectivity index is 1.21. The quantitative estimate of drug-likeness (QED) is 0.411. The van der Waals surface area contributed by atoms with Gasteiger partial charge in [0.25, 0.3) is 5.91 Å². The number of carbonyl (C=O) groups is 2. The van der Waals surface area contributed by atoms with Gasteiger partial charge >= 0.3 is 0 Å². The van der Waals surface area contributed by atoms with Crippen LogP contribution < -0.4 is 10.6 Å². The number of carbonyl (C=O) groups excluding carboxylic acids is 2. The van der Waals surface area contributed by atoms with Crippen LogP contribution in [0.15, 0.2) is 16.8 Å². The molecule has 0 bridgehead atoms. The molecule has 0 aromatic rings. The molecule has 7 heteroatoms. The first-order valence-electron chi connectivity index (χ1n) is 13.9. The summed E-state index contributed by atoms with van der Waals surface area (Å²) in [5.41, 5.74) is 1.35. The van der Waals surface area contributed by atoms with Crippen LogP contribution in [0.2, 0.25) is 0 Å². The van der Waals surface area contributed by atoms with E-state index in [-0.39, 0.29) is 29.3 Å². The van der Waals surface area contributed by atoms with Gasteiger partial charge < -0.3 is 20.6 Å². The smallest absolute Gasteiger partial charge is 0.261 e. The Morgan fingerprint density at radius 2 is 2.00 bits per heavy atom. The number of hydrogen-bond donors (Lipinski definition) is 3. The molecule has 2 amide bonds. The summed E-state index contributed by atoms with van der Waals surface area (Å²) in [5, 5.41) is 21.1. The van der Waals surface area contributed by atoms with Gasteiger partial charge in [-0.15, -0.1) is 6.42 Å². The van der Waals surface area contributed by atoms with E-state index in [1.807, 2.05) is 0 Å². The highest BCUT2D eigenvalue weighted by molar-refractivity contribution is 5.96. The molecular formula is C29H41N3O4. The lowest BCUT2D eigenvalue weighted by Crippen LogP contribution is -2.54.